The molecule has 0 saturated heterocycles. The molecule has 0 saturated carbocycles. The van der Waals surface area contributed by atoms with Crippen molar-refractivity contribution in [3.63, 3.8) is 0 Å². The Morgan fingerprint density at radius 2 is 1.69 bits per heavy atom. The monoisotopic (exact) mass is 374 g/mol. The van der Waals surface area contributed by atoms with Gasteiger partial charge in [0, 0.05) is 5.02 Å². The number of ketones is 1. The van der Waals surface area contributed by atoms with Gasteiger partial charge in [-0.2, -0.15) is 0 Å². The molecule has 1 N–H and O–H groups in total. The maximum absolute atomic E-state index is 12.7. The first-order chi connectivity index (χ1) is 12.4. The Bertz CT molecular complexity index is 1070. The van der Waals surface area contributed by atoms with E-state index in [1.807, 2.05) is 0 Å². The van der Waals surface area contributed by atoms with Gasteiger partial charge in [0.1, 0.15) is 12.3 Å². The summed E-state index contributed by atoms with van der Waals surface area (Å²) in [5.41, 5.74) is 0.615. The number of aromatic nitrogens is 2. The third-order valence-electron chi connectivity index (χ3n) is 3.98. The molecule has 0 spiro atoms. The van der Waals surface area contributed by atoms with Crippen LogP contribution in [0.1, 0.15) is 10.4 Å². The Kier molecular flexibility index (Phi) is 4.81. The van der Waals surface area contributed by atoms with Crippen LogP contribution in [0.25, 0.3) is 11.0 Å². The normalized spacial score (nSPS) is 10.8. The Hall–Kier alpha value is -3.06. The standard InChI is InChI=1S/C18H15ClN2O5/c1-26-16-7-6-11(19)8-12(16)15(22)9-20-13-4-2-3-5-14(13)21(18(20)25)10-17(23)24/h2-8H,9-10H2,1H3,(H,23,24). The van der Waals surface area contributed by atoms with Gasteiger partial charge < -0.3 is 9.84 Å². The molecule has 1 aromatic heterocycles. The fourth-order valence-electron chi connectivity index (χ4n) is 2.84. The summed E-state index contributed by atoms with van der Waals surface area (Å²) < 4.78 is 7.56. The number of aliphatic carboxylic acids is 1. The van der Waals surface area contributed by atoms with Crippen LogP contribution in [0.2, 0.25) is 5.02 Å². The van der Waals surface area contributed by atoms with Crippen LogP contribution in [0, 0.1) is 0 Å². The molecule has 8 heteroatoms. The highest BCUT2D eigenvalue weighted by molar-refractivity contribution is 6.31. The van der Waals surface area contributed by atoms with Crippen LogP contribution < -0.4 is 10.4 Å². The summed E-state index contributed by atoms with van der Waals surface area (Å²) in [6.45, 7) is -0.746. The lowest BCUT2D eigenvalue weighted by molar-refractivity contribution is -0.137. The van der Waals surface area contributed by atoms with Crippen molar-refractivity contribution in [3.8, 4) is 5.75 Å². The molecule has 26 heavy (non-hydrogen) atoms. The fraction of sp³-hybridized carbons (Fsp3) is 0.167. The summed E-state index contributed by atoms with van der Waals surface area (Å²) in [5, 5.41) is 9.42. The first-order valence-corrected chi connectivity index (χ1v) is 8.06. The minimum Gasteiger partial charge on any atom is -0.496 e. The van der Waals surface area contributed by atoms with E-state index in [1.165, 1.54) is 17.7 Å². The van der Waals surface area contributed by atoms with Crippen LogP contribution in [0.3, 0.4) is 0 Å². The zero-order valence-electron chi connectivity index (χ0n) is 13.8. The molecule has 0 fully saturated rings. The van der Waals surface area contributed by atoms with E-state index in [1.54, 1.807) is 36.4 Å². The highest BCUT2D eigenvalue weighted by atomic mass is 35.5. The molecule has 0 amide bonds. The molecule has 0 bridgehead atoms. The van der Waals surface area contributed by atoms with E-state index >= 15 is 0 Å². The predicted molar refractivity (Wildman–Crippen MR) is 96.2 cm³/mol. The van der Waals surface area contributed by atoms with Crippen LogP contribution in [0.5, 0.6) is 5.75 Å². The quantitative estimate of drug-likeness (QED) is 0.669. The second kappa shape index (κ2) is 7.05. The largest absolute Gasteiger partial charge is 0.496 e. The molecule has 0 aliphatic rings. The van der Waals surface area contributed by atoms with Gasteiger partial charge in [0.15, 0.2) is 5.78 Å². The number of hydrogen-bond acceptors (Lipinski definition) is 4. The molecule has 0 radical (unpaired) electrons. The number of ether oxygens (including phenoxy) is 1. The van der Waals surface area contributed by atoms with Crippen molar-refractivity contribution in [1.29, 1.82) is 0 Å². The SMILES string of the molecule is COc1ccc(Cl)cc1C(=O)Cn1c(=O)n(CC(=O)O)c2ccccc21. The number of halogens is 1. The first-order valence-electron chi connectivity index (χ1n) is 7.69. The molecule has 0 aliphatic carbocycles. The molecule has 0 unspecified atom stereocenters. The summed E-state index contributed by atoms with van der Waals surface area (Å²) in [6, 6.07) is 11.4. The number of carboxylic acid groups (broad SMARTS) is 1. The number of fused-ring (bicyclic) bond motifs is 1. The lowest BCUT2D eigenvalue weighted by Crippen LogP contribution is -2.29. The zero-order chi connectivity index (χ0) is 18.8. The van der Waals surface area contributed by atoms with Crippen molar-refractivity contribution in [3.05, 3.63) is 63.5 Å². The van der Waals surface area contributed by atoms with Gasteiger partial charge in [0.2, 0.25) is 0 Å². The number of carbonyl (C=O) groups is 2. The lowest BCUT2D eigenvalue weighted by Gasteiger charge is -2.08. The number of methoxy groups -OCH3 is 1. The Balaban J connectivity index is 2.08. The van der Waals surface area contributed by atoms with Crippen molar-refractivity contribution < 1.29 is 19.4 Å². The van der Waals surface area contributed by atoms with Gasteiger partial charge in [-0.3, -0.25) is 18.7 Å². The number of benzene rings is 2. The molecule has 2 aromatic carbocycles. The van der Waals surface area contributed by atoms with Gasteiger partial charge in [-0.1, -0.05) is 23.7 Å². The Morgan fingerprint density at radius 3 is 2.27 bits per heavy atom. The van der Waals surface area contributed by atoms with E-state index in [0.717, 1.165) is 4.57 Å². The summed E-state index contributed by atoms with van der Waals surface area (Å²) in [5.74, 6) is -1.16. The summed E-state index contributed by atoms with van der Waals surface area (Å²) in [4.78, 5) is 36.5. The number of nitrogens with zero attached hydrogens (tertiary/aromatic N) is 2. The maximum Gasteiger partial charge on any atom is 0.330 e. The molecule has 0 atom stereocenters. The molecule has 7 nitrogen and oxygen atoms in total. The molecule has 3 rings (SSSR count). The number of rotatable bonds is 6. The third-order valence-corrected chi connectivity index (χ3v) is 4.22. The number of carboxylic acids is 1. The van der Waals surface area contributed by atoms with Gasteiger partial charge in [-0.15, -0.1) is 0 Å². The van der Waals surface area contributed by atoms with Crippen molar-refractivity contribution in [1.82, 2.24) is 9.13 Å². The van der Waals surface area contributed by atoms with Gasteiger partial charge in [-0.05, 0) is 30.3 Å². The van der Waals surface area contributed by atoms with Crippen LogP contribution in [0.4, 0.5) is 0 Å². The third kappa shape index (κ3) is 3.21. The number of hydrogen-bond donors (Lipinski definition) is 1. The van der Waals surface area contributed by atoms with Gasteiger partial charge >= 0.3 is 11.7 Å². The van der Waals surface area contributed by atoms with Gasteiger partial charge in [-0.25, -0.2) is 4.79 Å². The summed E-state index contributed by atoms with van der Waals surface area (Å²) >= 11 is 5.96. The van der Waals surface area contributed by atoms with Crippen molar-refractivity contribution in [2.45, 2.75) is 13.1 Å². The highest BCUT2D eigenvalue weighted by Gasteiger charge is 2.19. The Morgan fingerprint density at radius 1 is 1.08 bits per heavy atom. The summed E-state index contributed by atoms with van der Waals surface area (Å²) in [7, 11) is 1.44. The van der Waals surface area contributed by atoms with E-state index in [-0.39, 0.29) is 17.9 Å². The van der Waals surface area contributed by atoms with Crippen LogP contribution >= 0.6 is 11.6 Å². The van der Waals surface area contributed by atoms with E-state index in [4.69, 9.17) is 21.4 Å². The van der Waals surface area contributed by atoms with E-state index in [9.17, 15) is 14.4 Å². The van der Waals surface area contributed by atoms with Crippen molar-refractivity contribution in [2.24, 2.45) is 0 Å². The molecular weight excluding hydrogens is 360 g/mol. The number of para-hydroxylation sites is 2. The van der Waals surface area contributed by atoms with Crippen molar-refractivity contribution in [2.75, 3.05) is 7.11 Å². The van der Waals surface area contributed by atoms with Gasteiger partial charge in [0.25, 0.3) is 0 Å². The van der Waals surface area contributed by atoms with Crippen LogP contribution in [0.15, 0.2) is 47.3 Å². The van der Waals surface area contributed by atoms with E-state index in [0.29, 0.717) is 21.8 Å². The minimum absolute atomic E-state index is 0.252. The second-order valence-corrected chi connectivity index (χ2v) is 6.04. The number of imidazole rings is 1. The molecule has 0 aliphatic heterocycles. The average molecular weight is 375 g/mol. The average Bonchev–Trinajstić information content (AvgIpc) is 2.87. The van der Waals surface area contributed by atoms with Gasteiger partial charge in [0.05, 0.1) is 30.3 Å². The molecule has 3 aromatic rings. The molecule has 134 valence electrons. The first kappa shape index (κ1) is 17.8. The molecular formula is C18H15ClN2O5. The predicted octanol–water partition coefficient (Wildman–Crippen LogP) is 2.43. The van der Waals surface area contributed by atoms with E-state index in [2.05, 4.69) is 0 Å². The Labute approximate surface area is 153 Å². The summed E-state index contributed by atoms with van der Waals surface area (Å²) in [6.07, 6.45) is 0. The van der Waals surface area contributed by atoms with Crippen LogP contribution in [-0.4, -0.2) is 33.1 Å². The number of Topliss-reactive ketones (excluding diaryl/α,β-unsaturated/α-hetero) is 1. The zero-order valence-corrected chi connectivity index (χ0v) is 14.6. The topological polar surface area (TPSA) is 90.5 Å². The van der Waals surface area contributed by atoms with E-state index < -0.39 is 18.2 Å². The highest BCUT2D eigenvalue weighted by Crippen LogP contribution is 2.24. The smallest absolute Gasteiger partial charge is 0.330 e. The second-order valence-electron chi connectivity index (χ2n) is 5.61. The minimum atomic E-state index is -1.14. The maximum atomic E-state index is 12.7. The fourth-order valence-corrected chi connectivity index (χ4v) is 3.01. The van der Waals surface area contributed by atoms with Crippen LogP contribution in [-0.2, 0) is 17.9 Å². The number of carbonyl (C=O) groups excluding carboxylic acids is 1. The van der Waals surface area contributed by atoms with Crippen molar-refractivity contribution >= 4 is 34.4 Å². The molecule has 1 heterocycles. The lowest BCUT2D eigenvalue weighted by atomic mass is 10.1.